The lowest BCUT2D eigenvalue weighted by Gasteiger charge is -2.10. The van der Waals surface area contributed by atoms with E-state index in [0.29, 0.717) is 52.2 Å². The molecule has 0 amide bonds. The van der Waals surface area contributed by atoms with Crippen molar-refractivity contribution in [3.63, 3.8) is 0 Å². The van der Waals surface area contributed by atoms with Gasteiger partial charge < -0.3 is 18.1 Å². The van der Waals surface area contributed by atoms with Crippen LogP contribution in [0.2, 0.25) is 0 Å². The van der Waals surface area contributed by atoms with E-state index in [-0.39, 0.29) is 0 Å². The maximum atomic E-state index is 4.82. The fraction of sp³-hybridized carbons (Fsp3) is 0. The molecule has 0 N–H and O–H groups in total. The van der Waals surface area contributed by atoms with E-state index in [1.807, 2.05) is 175 Å². The van der Waals surface area contributed by atoms with Crippen LogP contribution < -0.4 is 0 Å². The van der Waals surface area contributed by atoms with Crippen molar-refractivity contribution in [1.82, 2.24) is 87.9 Å². The minimum Gasteiger partial charge on any atom is -0.309 e. The standard InChI is InChI=1S/C37H24N6.C36H23N7.C29H19N5/c1-2-10-26(11-3-1)36-41-32(31-14-8-9-21-38-31)22-33(42-36)37-39-23-27(24-40-37)25-17-19-28(20-18-25)43-34-15-6-4-12-29(34)30-13-5-7-16-35(30)43;1-2-10-25(11-3-1)33-40-34(30-14-8-9-21-37-30)42-36(41-33)35-38-22-26(23-39-35)24-17-19-27(20-18-24)43-31-15-6-4-12-28(31)29-13-5-7-16-32(29)43;1-3-9-26-23(7-1)24-8-2-4-10-27(24)34(26)22-14-12-20(13-15-22)21-17-30-29(31-18-21)25-19-33-16-6-5-11-28(33)32-25/h1-24H;1-23H;1-19H. The molecular formula is C102H66N18. The normalized spacial score (nSPS) is 11.3. The lowest BCUT2D eigenvalue weighted by Crippen LogP contribution is -2.03. The zero-order chi connectivity index (χ0) is 79.7. The smallest absolute Gasteiger partial charge is 0.201 e. The molecule has 18 heteroatoms. The Morgan fingerprint density at radius 1 is 0.183 bits per heavy atom. The minimum atomic E-state index is 0.391. The molecule has 120 heavy (non-hydrogen) atoms. The fourth-order valence-corrected chi connectivity index (χ4v) is 15.6. The number of benzene rings is 11. The Morgan fingerprint density at radius 2 is 0.517 bits per heavy atom. The number of pyridine rings is 3. The van der Waals surface area contributed by atoms with Crippen LogP contribution in [0.3, 0.4) is 0 Å². The van der Waals surface area contributed by atoms with Crippen molar-refractivity contribution in [2.45, 2.75) is 0 Å². The van der Waals surface area contributed by atoms with Crippen molar-refractivity contribution in [1.29, 1.82) is 0 Å². The molecule has 11 aromatic carbocycles. The van der Waals surface area contributed by atoms with Gasteiger partial charge in [0.25, 0.3) is 0 Å². The molecule has 0 radical (unpaired) electrons. The van der Waals surface area contributed by atoms with Crippen LogP contribution in [0.15, 0.2) is 402 Å². The van der Waals surface area contributed by atoms with Gasteiger partial charge in [-0.05, 0) is 132 Å². The number of fused-ring (bicyclic) bond motifs is 10. The third kappa shape index (κ3) is 13.7. The summed E-state index contributed by atoms with van der Waals surface area (Å²) < 4.78 is 8.91. The molecule has 0 unspecified atom stereocenters. The molecule has 23 aromatic rings. The second-order valence-corrected chi connectivity index (χ2v) is 28.7. The summed E-state index contributed by atoms with van der Waals surface area (Å²) >= 11 is 0. The summed E-state index contributed by atoms with van der Waals surface area (Å²) in [6.45, 7) is 0. The molecule has 0 aliphatic heterocycles. The lowest BCUT2D eigenvalue weighted by molar-refractivity contribution is 1.02. The number of aromatic nitrogens is 18. The molecule has 564 valence electrons. The summed E-state index contributed by atoms with van der Waals surface area (Å²) in [6, 6.07) is 116. The van der Waals surface area contributed by atoms with Crippen LogP contribution in [0.25, 0.3) is 202 Å². The van der Waals surface area contributed by atoms with E-state index in [1.54, 1.807) is 12.4 Å². The first-order valence-corrected chi connectivity index (χ1v) is 39.3. The van der Waals surface area contributed by atoms with E-state index in [0.717, 1.165) is 84.3 Å². The van der Waals surface area contributed by atoms with Gasteiger partial charge >= 0.3 is 0 Å². The average molecular weight is 1540 g/mol. The van der Waals surface area contributed by atoms with Gasteiger partial charge in [-0.25, -0.2) is 59.8 Å². The number of hydrogen-bond donors (Lipinski definition) is 0. The third-order valence-electron chi connectivity index (χ3n) is 21.3. The van der Waals surface area contributed by atoms with E-state index in [4.69, 9.17) is 24.9 Å². The van der Waals surface area contributed by atoms with E-state index in [2.05, 4.69) is 277 Å². The first-order valence-electron chi connectivity index (χ1n) is 39.3. The van der Waals surface area contributed by atoms with Crippen molar-refractivity contribution in [2.75, 3.05) is 0 Å². The minimum absolute atomic E-state index is 0.391. The second-order valence-electron chi connectivity index (χ2n) is 28.7. The van der Waals surface area contributed by atoms with E-state index >= 15 is 0 Å². The van der Waals surface area contributed by atoms with Gasteiger partial charge in [0.1, 0.15) is 22.7 Å². The average Bonchev–Trinajstić information content (AvgIpc) is 1.60. The lowest BCUT2D eigenvalue weighted by atomic mass is 10.1. The van der Waals surface area contributed by atoms with E-state index in [1.165, 1.54) is 65.4 Å². The van der Waals surface area contributed by atoms with Gasteiger partial charge in [0.15, 0.2) is 34.9 Å². The highest BCUT2D eigenvalue weighted by Gasteiger charge is 2.20. The Bertz CT molecular complexity index is 7020. The van der Waals surface area contributed by atoms with Crippen LogP contribution in [0.4, 0.5) is 0 Å². The van der Waals surface area contributed by atoms with Gasteiger partial charge in [0, 0.05) is 139 Å². The molecule has 0 aliphatic carbocycles. The Morgan fingerprint density at radius 3 is 0.917 bits per heavy atom. The van der Waals surface area contributed by atoms with Crippen LogP contribution in [-0.4, -0.2) is 87.9 Å². The van der Waals surface area contributed by atoms with Crippen molar-refractivity contribution in [2.24, 2.45) is 0 Å². The first-order chi connectivity index (χ1) is 59.5. The molecule has 12 heterocycles. The second kappa shape index (κ2) is 31.2. The van der Waals surface area contributed by atoms with Gasteiger partial charge in [-0.2, -0.15) is 0 Å². The molecule has 0 saturated carbocycles. The largest absolute Gasteiger partial charge is 0.309 e. The van der Waals surface area contributed by atoms with Crippen molar-refractivity contribution in [3.8, 4) is 131 Å². The topological polar surface area (TPSA) is 200 Å². The Labute approximate surface area is 687 Å². The molecule has 0 fully saturated rings. The van der Waals surface area contributed by atoms with E-state index < -0.39 is 0 Å². The number of rotatable bonds is 13. The Hall–Kier alpha value is -16.9. The zero-order valence-electron chi connectivity index (χ0n) is 64.2. The van der Waals surface area contributed by atoms with Gasteiger partial charge in [0.05, 0.1) is 44.5 Å². The molecular weight excluding hydrogens is 1480 g/mol. The molecule has 0 saturated heterocycles. The van der Waals surface area contributed by atoms with Crippen LogP contribution in [-0.2, 0) is 0 Å². The Kier molecular flexibility index (Phi) is 18.4. The highest BCUT2D eigenvalue weighted by molar-refractivity contribution is 6.11. The summed E-state index contributed by atoms with van der Waals surface area (Å²) in [5.74, 6) is 3.58. The SMILES string of the molecule is c1ccc(-c2nc(-c3ccccn3)cc(-c3ncc(-c4ccc(-n5c6ccccc6c6ccccc65)cc4)cn3)n2)cc1.c1ccc(-c2nc(-c3ccccn3)nc(-c3ncc(-c4ccc(-n5c6ccccc6c6ccccc65)cc4)cn3)n2)cc1.c1ccc2c(c1)c1ccccc1n2-c1ccc(-c2cnc(-c3cn4ccccc4n3)nc2)cc1. The molecule has 0 bridgehead atoms. The molecule has 0 spiro atoms. The third-order valence-corrected chi connectivity index (χ3v) is 21.3. The Balaban J connectivity index is 0.000000112. The number of nitrogens with zero attached hydrogens (tertiary/aromatic N) is 18. The fourth-order valence-electron chi connectivity index (χ4n) is 15.6. The zero-order valence-corrected chi connectivity index (χ0v) is 64.2. The molecule has 0 aliphatic rings. The van der Waals surface area contributed by atoms with Crippen LogP contribution in [0.1, 0.15) is 0 Å². The molecule has 12 aromatic heterocycles. The highest BCUT2D eigenvalue weighted by Crippen LogP contribution is 2.38. The molecule has 0 atom stereocenters. The van der Waals surface area contributed by atoms with Gasteiger partial charge in [-0.1, -0.05) is 224 Å². The summed E-state index contributed by atoms with van der Waals surface area (Å²) in [5.41, 5.74) is 22.6. The van der Waals surface area contributed by atoms with Gasteiger partial charge in [0.2, 0.25) is 5.82 Å². The quantitative estimate of drug-likeness (QED) is 0.106. The maximum Gasteiger partial charge on any atom is 0.201 e. The molecule has 23 rings (SSSR count). The predicted molar refractivity (Wildman–Crippen MR) is 477 cm³/mol. The van der Waals surface area contributed by atoms with Crippen LogP contribution >= 0.6 is 0 Å². The highest BCUT2D eigenvalue weighted by atomic mass is 15.1. The van der Waals surface area contributed by atoms with Crippen LogP contribution in [0, 0.1) is 0 Å². The van der Waals surface area contributed by atoms with Gasteiger partial charge in [-0.3, -0.25) is 9.97 Å². The summed E-state index contributed by atoms with van der Waals surface area (Å²) in [5, 5.41) is 7.50. The summed E-state index contributed by atoms with van der Waals surface area (Å²) in [7, 11) is 0. The number of hydrogen-bond acceptors (Lipinski definition) is 14. The van der Waals surface area contributed by atoms with Crippen molar-refractivity contribution >= 4 is 71.1 Å². The molecule has 18 nitrogen and oxygen atoms in total. The van der Waals surface area contributed by atoms with E-state index in [9.17, 15) is 0 Å². The van der Waals surface area contributed by atoms with Gasteiger partial charge in [-0.15, -0.1) is 0 Å². The van der Waals surface area contributed by atoms with Crippen LogP contribution in [0.5, 0.6) is 0 Å². The first kappa shape index (κ1) is 71.0. The monoisotopic (exact) mass is 1540 g/mol. The predicted octanol–water partition coefficient (Wildman–Crippen LogP) is 22.8. The summed E-state index contributed by atoms with van der Waals surface area (Å²) in [6.07, 6.45) is 18.4. The number of imidazole rings is 1. The summed E-state index contributed by atoms with van der Waals surface area (Å²) in [4.78, 5) is 65.2. The maximum absolute atomic E-state index is 4.82. The van der Waals surface area contributed by atoms with Crippen molar-refractivity contribution in [3.05, 3.63) is 402 Å². The number of para-hydroxylation sites is 6. The van der Waals surface area contributed by atoms with Crippen molar-refractivity contribution < 1.29 is 0 Å².